The Morgan fingerprint density at radius 1 is 1.24 bits per heavy atom. The summed E-state index contributed by atoms with van der Waals surface area (Å²) in [7, 11) is -0.998. The van der Waals surface area contributed by atoms with Crippen molar-refractivity contribution in [1.82, 2.24) is 0 Å². The van der Waals surface area contributed by atoms with Crippen LogP contribution in [0.2, 0.25) is 5.02 Å². The standard InChI is InChI=1S/C18H24ClNO4S/c1-25(24)12-13-6-7-14(19)15(10-13)20-16(21)11-18(17(22)23)8-4-2-3-5-9-18/h6-7,10H,2-5,8-9,11-12H2,1H3,(H,20,21)(H,22,23). The smallest absolute Gasteiger partial charge is 0.310 e. The first kappa shape index (κ1) is 19.9. The number of benzene rings is 1. The van der Waals surface area contributed by atoms with Crippen molar-refractivity contribution in [3.63, 3.8) is 0 Å². The minimum atomic E-state index is -0.998. The van der Waals surface area contributed by atoms with Crippen LogP contribution < -0.4 is 5.32 Å². The van der Waals surface area contributed by atoms with E-state index in [1.165, 1.54) is 0 Å². The van der Waals surface area contributed by atoms with Gasteiger partial charge in [-0.05, 0) is 30.5 Å². The molecule has 25 heavy (non-hydrogen) atoms. The zero-order valence-electron chi connectivity index (χ0n) is 14.3. The average Bonchev–Trinajstić information content (AvgIpc) is 2.76. The highest BCUT2D eigenvalue weighted by Crippen LogP contribution is 2.39. The summed E-state index contributed by atoms with van der Waals surface area (Å²) in [5.74, 6) is -0.870. The number of carboxylic acid groups (broad SMARTS) is 1. The fourth-order valence-electron chi connectivity index (χ4n) is 3.37. The molecule has 0 aromatic heterocycles. The first-order valence-corrected chi connectivity index (χ1v) is 10.5. The molecule has 2 rings (SSSR count). The predicted molar refractivity (Wildman–Crippen MR) is 100 cm³/mol. The maximum atomic E-state index is 12.5. The van der Waals surface area contributed by atoms with Crippen LogP contribution in [0.15, 0.2) is 18.2 Å². The van der Waals surface area contributed by atoms with Gasteiger partial charge in [0, 0.05) is 29.2 Å². The molecule has 1 aliphatic carbocycles. The van der Waals surface area contributed by atoms with Gasteiger partial charge in [0.1, 0.15) is 0 Å². The fraction of sp³-hybridized carbons (Fsp3) is 0.556. The summed E-state index contributed by atoms with van der Waals surface area (Å²) in [4.78, 5) is 24.3. The molecule has 1 aromatic rings. The van der Waals surface area contributed by atoms with Crippen LogP contribution in [0.3, 0.4) is 0 Å². The molecule has 0 saturated heterocycles. The first-order valence-electron chi connectivity index (χ1n) is 8.44. The lowest BCUT2D eigenvalue weighted by atomic mass is 9.77. The summed E-state index contributed by atoms with van der Waals surface area (Å²) in [6.45, 7) is 0. The van der Waals surface area contributed by atoms with Crippen LogP contribution in [0, 0.1) is 5.41 Å². The van der Waals surface area contributed by atoms with E-state index in [0.29, 0.717) is 29.3 Å². The zero-order chi connectivity index (χ0) is 18.4. The van der Waals surface area contributed by atoms with Gasteiger partial charge in [0.25, 0.3) is 0 Å². The summed E-state index contributed by atoms with van der Waals surface area (Å²) in [5.41, 5.74) is 0.252. The number of amides is 1. The Bertz CT molecular complexity index is 669. The second-order valence-corrected chi connectivity index (χ2v) is 8.60. The van der Waals surface area contributed by atoms with E-state index in [1.54, 1.807) is 24.5 Å². The topological polar surface area (TPSA) is 83.5 Å². The molecule has 2 N–H and O–H groups in total. The second kappa shape index (κ2) is 8.81. The van der Waals surface area contributed by atoms with Crippen LogP contribution in [-0.2, 0) is 26.1 Å². The normalized spacial score (nSPS) is 18.2. The third-order valence-electron chi connectivity index (χ3n) is 4.69. The quantitative estimate of drug-likeness (QED) is 0.725. The van der Waals surface area contributed by atoms with Crippen molar-refractivity contribution in [3.8, 4) is 0 Å². The van der Waals surface area contributed by atoms with Crippen LogP contribution in [0.1, 0.15) is 50.5 Å². The molecule has 1 aliphatic rings. The number of nitrogens with one attached hydrogen (secondary N) is 1. The molecule has 1 amide bonds. The number of anilines is 1. The molecule has 7 heteroatoms. The van der Waals surface area contributed by atoms with Gasteiger partial charge in [0.2, 0.25) is 5.91 Å². The lowest BCUT2D eigenvalue weighted by molar-refractivity contribution is -0.152. The van der Waals surface area contributed by atoms with Gasteiger partial charge in [0.15, 0.2) is 0 Å². The van der Waals surface area contributed by atoms with Crippen molar-refractivity contribution >= 4 is 40.0 Å². The maximum Gasteiger partial charge on any atom is 0.310 e. The van der Waals surface area contributed by atoms with Gasteiger partial charge < -0.3 is 10.4 Å². The van der Waals surface area contributed by atoms with Gasteiger partial charge in [-0.25, -0.2) is 0 Å². The second-order valence-electron chi connectivity index (χ2n) is 6.76. The number of aliphatic carboxylic acids is 1. The van der Waals surface area contributed by atoms with Crippen molar-refractivity contribution < 1.29 is 18.9 Å². The van der Waals surface area contributed by atoms with Crippen LogP contribution in [0.5, 0.6) is 0 Å². The van der Waals surface area contributed by atoms with E-state index in [2.05, 4.69) is 5.32 Å². The Labute approximate surface area is 155 Å². The van der Waals surface area contributed by atoms with E-state index in [4.69, 9.17) is 11.6 Å². The molecule has 1 aromatic carbocycles. The summed E-state index contributed by atoms with van der Waals surface area (Å²) in [6.07, 6.45) is 6.29. The average molecular weight is 386 g/mol. The molecule has 1 fully saturated rings. The molecule has 1 unspecified atom stereocenters. The van der Waals surface area contributed by atoms with Crippen LogP contribution in [0.25, 0.3) is 0 Å². The van der Waals surface area contributed by atoms with Gasteiger partial charge >= 0.3 is 5.97 Å². The van der Waals surface area contributed by atoms with Crippen molar-refractivity contribution in [2.75, 3.05) is 11.6 Å². The Morgan fingerprint density at radius 3 is 2.44 bits per heavy atom. The minimum absolute atomic E-state index is 0.0530. The summed E-state index contributed by atoms with van der Waals surface area (Å²) in [5, 5.41) is 12.8. The van der Waals surface area contributed by atoms with Crippen molar-refractivity contribution in [2.45, 2.75) is 50.7 Å². The van der Waals surface area contributed by atoms with Gasteiger partial charge in [-0.1, -0.05) is 43.4 Å². The molecule has 0 spiro atoms. The number of rotatable bonds is 6. The monoisotopic (exact) mass is 385 g/mol. The van der Waals surface area contributed by atoms with E-state index >= 15 is 0 Å². The van der Waals surface area contributed by atoms with Crippen LogP contribution in [-0.4, -0.2) is 27.4 Å². The molecule has 0 aliphatic heterocycles. The molecule has 0 heterocycles. The molecule has 1 atom stereocenters. The lowest BCUT2D eigenvalue weighted by Gasteiger charge is -2.27. The number of halogens is 1. The van der Waals surface area contributed by atoms with Gasteiger partial charge in [-0.3, -0.25) is 13.8 Å². The summed E-state index contributed by atoms with van der Waals surface area (Å²) < 4.78 is 11.4. The highest BCUT2D eigenvalue weighted by atomic mass is 35.5. The highest BCUT2D eigenvalue weighted by Gasteiger charge is 2.40. The Balaban J connectivity index is 2.12. The van der Waals surface area contributed by atoms with E-state index in [9.17, 15) is 18.9 Å². The number of hydrogen-bond donors (Lipinski definition) is 2. The van der Waals surface area contributed by atoms with Crippen LogP contribution >= 0.6 is 11.6 Å². The fourth-order valence-corrected chi connectivity index (χ4v) is 4.18. The number of carbonyl (C=O) groups is 2. The van der Waals surface area contributed by atoms with E-state index < -0.39 is 22.2 Å². The largest absolute Gasteiger partial charge is 0.481 e. The van der Waals surface area contributed by atoms with Gasteiger partial charge in [0.05, 0.1) is 16.1 Å². The maximum absolute atomic E-state index is 12.5. The zero-order valence-corrected chi connectivity index (χ0v) is 15.9. The summed E-state index contributed by atoms with van der Waals surface area (Å²) in [6, 6.07) is 5.11. The summed E-state index contributed by atoms with van der Waals surface area (Å²) >= 11 is 6.14. The third kappa shape index (κ3) is 5.54. The van der Waals surface area contributed by atoms with E-state index in [-0.39, 0.29) is 12.3 Å². The molecule has 138 valence electrons. The molecular formula is C18H24ClNO4S. The highest BCUT2D eigenvalue weighted by molar-refractivity contribution is 7.83. The van der Waals surface area contributed by atoms with Crippen molar-refractivity contribution in [2.24, 2.45) is 5.41 Å². The molecule has 1 saturated carbocycles. The Kier molecular flexibility index (Phi) is 7.02. The van der Waals surface area contributed by atoms with Crippen LogP contribution in [0.4, 0.5) is 5.69 Å². The third-order valence-corrected chi connectivity index (χ3v) is 5.76. The lowest BCUT2D eigenvalue weighted by Crippen LogP contribution is -2.35. The van der Waals surface area contributed by atoms with E-state index in [1.807, 2.05) is 0 Å². The van der Waals surface area contributed by atoms with Crippen molar-refractivity contribution in [1.29, 1.82) is 0 Å². The molecule has 0 radical (unpaired) electrons. The first-order chi connectivity index (χ1) is 11.8. The predicted octanol–water partition coefficient (Wildman–Crippen LogP) is 3.97. The number of carbonyl (C=O) groups excluding carboxylic acids is 1. The SMILES string of the molecule is CS(=O)Cc1ccc(Cl)c(NC(=O)CC2(C(=O)O)CCCCCC2)c1. The number of carboxylic acids is 1. The Morgan fingerprint density at radius 2 is 1.88 bits per heavy atom. The molecule has 0 bridgehead atoms. The van der Waals surface area contributed by atoms with Gasteiger partial charge in [-0.15, -0.1) is 0 Å². The Hall–Kier alpha value is -1.40. The number of hydrogen-bond acceptors (Lipinski definition) is 3. The van der Waals surface area contributed by atoms with E-state index in [0.717, 1.165) is 31.2 Å². The molecule has 5 nitrogen and oxygen atoms in total. The minimum Gasteiger partial charge on any atom is -0.481 e. The van der Waals surface area contributed by atoms with Gasteiger partial charge in [-0.2, -0.15) is 0 Å². The molecular weight excluding hydrogens is 362 g/mol. The van der Waals surface area contributed by atoms with Crippen molar-refractivity contribution in [3.05, 3.63) is 28.8 Å².